The molecule has 1 aromatic rings. The SMILES string of the molecule is CC1(C)O[C@@H]2[C@H](O1)[C@@H](CO)O[C@H]2c1cc(=O)c(CO)n[nH]1. The number of H-pyrrole nitrogens is 1. The lowest BCUT2D eigenvalue weighted by Crippen LogP contribution is -2.31. The molecule has 3 N–H and O–H groups in total. The van der Waals surface area contributed by atoms with Gasteiger partial charge in [-0.05, 0) is 13.8 Å². The maximum absolute atomic E-state index is 11.8. The van der Waals surface area contributed by atoms with Crippen LogP contribution in [0.3, 0.4) is 0 Å². The summed E-state index contributed by atoms with van der Waals surface area (Å²) in [5, 5.41) is 24.9. The summed E-state index contributed by atoms with van der Waals surface area (Å²) < 4.78 is 17.3. The molecule has 0 aromatic carbocycles. The molecule has 8 nitrogen and oxygen atoms in total. The van der Waals surface area contributed by atoms with E-state index in [0.29, 0.717) is 5.69 Å². The Morgan fingerprint density at radius 3 is 2.67 bits per heavy atom. The van der Waals surface area contributed by atoms with Crippen LogP contribution in [0.2, 0.25) is 0 Å². The van der Waals surface area contributed by atoms with Crippen LogP contribution in [0.5, 0.6) is 0 Å². The first kappa shape index (κ1) is 14.6. The highest BCUT2D eigenvalue weighted by molar-refractivity contribution is 5.15. The Kier molecular flexibility index (Phi) is 3.58. The van der Waals surface area contributed by atoms with Crippen molar-refractivity contribution in [3.63, 3.8) is 0 Å². The van der Waals surface area contributed by atoms with Crippen LogP contribution >= 0.6 is 0 Å². The molecule has 0 spiro atoms. The van der Waals surface area contributed by atoms with Crippen LogP contribution in [0.4, 0.5) is 0 Å². The molecule has 0 aliphatic carbocycles. The first-order valence-electron chi connectivity index (χ1n) is 6.76. The second-order valence-electron chi connectivity index (χ2n) is 5.63. The van der Waals surface area contributed by atoms with Gasteiger partial charge in [-0.3, -0.25) is 9.89 Å². The average molecular weight is 298 g/mol. The largest absolute Gasteiger partial charge is 0.394 e. The van der Waals surface area contributed by atoms with Crippen molar-refractivity contribution < 1.29 is 24.4 Å². The maximum atomic E-state index is 11.8. The van der Waals surface area contributed by atoms with Crippen molar-refractivity contribution in [3.8, 4) is 0 Å². The number of aromatic amines is 1. The third kappa shape index (κ3) is 2.49. The number of hydrogen-bond donors (Lipinski definition) is 3. The van der Waals surface area contributed by atoms with Gasteiger partial charge >= 0.3 is 0 Å². The van der Waals surface area contributed by atoms with E-state index in [4.69, 9.17) is 19.3 Å². The fraction of sp³-hybridized carbons (Fsp3) is 0.692. The number of aliphatic hydroxyl groups excluding tert-OH is 2. The number of aromatic nitrogens is 2. The van der Waals surface area contributed by atoms with Crippen LogP contribution < -0.4 is 5.43 Å². The van der Waals surface area contributed by atoms with Gasteiger partial charge < -0.3 is 24.4 Å². The molecular weight excluding hydrogens is 280 g/mol. The van der Waals surface area contributed by atoms with Gasteiger partial charge in [-0.15, -0.1) is 0 Å². The Balaban J connectivity index is 1.92. The summed E-state index contributed by atoms with van der Waals surface area (Å²) in [6.07, 6.45) is -1.95. The monoisotopic (exact) mass is 298 g/mol. The van der Waals surface area contributed by atoms with Crippen LogP contribution in [-0.2, 0) is 20.8 Å². The molecule has 1 aromatic heterocycles. The molecular formula is C13H18N2O6. The molecule has 2 aliphatic rings. The summed E-state index contributed by atoms with van der Waals surface area (Å²) in [4.78, 5) is 11.8. The number of ether oxygens (including phenoxy) is 3. The second kappa shape index (κ2) is 5.15. The lowest BCUT2D eigenvalue weighted by molar-refractivity contribution is -0.191. The Morgan fingerprint density at radius 2 is 2.05 bits per heavy atom. The summed E-state index contributed by atoms with van der Waals surface area (Å²) in [6.45, 7) is 2.93. The first-order valence-corrected chi connectivity index (χ1v) is 6.76. The van der Waals surface area contributed by atoms with E-state index in [1.165, 1.54) is 6.07 Å². The van der Waals surface area contributed by atoms with Crippen molar-refractivity contribution in [2.75, 3.05) is 6.61 Å². The van der Waals surface area contributed by atoms with Gasteiger partial charge in [0.2, 0.25) is 5.43 Å². The topological polar surface area (TPSA) is 114 Å². The number of nitrogens with one attached hydrogen (secondary N) is 1. The normalized spacial score (nSPS) is 34.1. The van der Waals surface area contributed by atoms with Gasteiger partial charge in [0, 0.05) is 6.07 Å². The Morgan fingerprint density at radius 1 is 1.33 bits per heavy atom. The van der Waals surface area contributed by atoms with E-state index < -0.39 is 36.8 Å². The van der Waals surface area contributed by atoms with Crippen molar-refractivity contribution >= 4 is 0 Å². The number of nitrogens with zero attached hydrogens (tertiary/aromatic N) is 1. The Labute approximate surface area is 120 Å². The van der Waals surface area contributed by atoms with Crippen molar-refractivity contribution in [1.29, 1.82) is 0 Å². The van der Waals surface area contributed by atoms with Gasteiger partial charge in [0.25, 0.3) is 0 Å². The number of hydrogen-bond acceptors (Lipinski definition) is 7. The zero-order valence-corrected chi connectivity index (χ0v) is 11.8. The van der Waals surface area contributed by atoms with Crippen LogP contribution in [0.1, 0.15) is 31.3 Å². The summed E-state index contributed by atoms with van der Waals surface area (Å²) in [5.74, 6) is -0.774. The van der Waals surface area contributed by atoms with Gasteiger partial charge in [0.1, 0.15) is 30.1 Å². The molecule has 0 saturated carbocycles. The highest BCUT2D eigenvalue weighted by atomic mass is 16.8. The van der Waals surface area contributed by atoms with Crippen molar-refractivity contribution in [3.05, 3.63) is 27.7 Å². The van der Waals surface area contributed by atoms with E-state index in [1.54, 1.807) is 13.8 Å². The lowest BCUT2D eigenvalue weighted by Gasteiger charge is -2.23. The van der Waals surface area contributed by atoms with E-state index in [2.05, 4.69) is 10.2 Å². The second-order valence-corrected chi connectivity index (χ2v) is 5.63. The molecule has 2 saturated heterocycles. The quantitative estimate of drug-likeness (QED) is 0.670. The predicted molar refractivity (Wildman–Crippen MR) is 69.3 cm³/mol. The van der Waals surface area contributed by atoms with Crippen molar-refractivity contribution in [1.82, 2.24) is 10.2 Å². The van der Waals surface area contributed by atoms with Gasteiger partial charge in [-0.25, -0.2) is 0 Å². The summed E-state index contributed by atoms with van der Waals surface area (Å²) >= 11 is 0. The van der Waals surface area contributed by atoms with Crippen molar-refractivity contribution in [2.24, 2.45) is 0 Å². The summed E-state index contributed by atoms with van der Waals surface area (Å²) in [5.41, 5.74) is 0.0948. The van der Waals surface area contributed by atoms with E-state index in [9.17, 15) is 9.90 Å². The molecule has 2 fully saturated rings. The van der Waals surface area contributed by atoms with Crippen LogP contribution in [0.15, 0.2) is 10.9 Å². The minimum Gasteiger partial charge on any atom is -0.394 e. The van der Waals surface area contributed by atoms with Gasteiger partial charge in [0.05, 0.1) is 18.9 Å². The van der Waals surface area contributed by atoms with E-state index in [1.807, 2.05) is 0 Å². The van der Waals surface area contributed by atoms with Crippen molar-refractivity contribution in [2.45, 2.75) is 50.7 Å². The van der Waals surface area contributed by atoms with Gasteiger partial charge in [-0.1, -0.05) is 0 Å². The molecule has 3 rings (SSSR count). The molecule has 116 valence electrons. The Bertz CT molecular complexity index is 586. The summed E-state index contributed by atoms with van der Waals surface area (Å²) in [6, 6.07) is 1.33. The van der Waals surface area contributed by atoms with Crippen LogP contribution in [0.25, 0.3) is 0 Å². The maximum Gasteiger partial charge on any atom is 0.206 e. The highest BCUT2D eigenvalue weighted by Crippen LogP contribution is 2.44. The molecule has 0 radical (unpaired) electrons. The summed E-state index contributed by atoms with van der Waals surface area (Å²) in [7, 11) is 0. The highest BCUT2D eigenvalue weighted by Gasteiger charge is 2.55. The third-order valence-corrected chi connectivity index (χ3v) is 3.68. The molecule has 8 heteroatoms. The Hall–Kier alpha value is -1.32. The fourth-order valence-corrected chi connectivity index (χ4v) is 2.78. The van der Waals surface area contributed by atoms with E-state index >= 15 is 0 Å². The van der Waals surface area contributed by atoms with Crippen LogP contribution in [0, 0.1) is 0 Å². The standard InChI is InChI=1S/C13H18N2O6/c1-13(2)20-11-9(5-17)19-10(12(11)21-13)6-3-8(18)7(4-16)15-14-6/h3,9-12,16-17H,4-5H2,1-2H3,(H,14,18)/t9-,10+,11-,12+/m1/s1. The minimum atomic E-state index is -0.774. The first-order chi connectivity index (χ1) is 9.95. The third-order valence-electron chi connectivity index (χ3n) is 3.68. The minimum absolute atomic E-state index is 0.0379. The smallest absolute Gasteiger partial charge is 0.206 e. The van der Waals surface area contributed by atoms with Gasteiger partial charge in [0.15, 0.2) is 5.79 Å². The van der Waals surface area contributed by atoms with E-state index in [-0.39, 0.29) is 17.7 Å². The fourth-order valence-electron chi connectivity index (χ4n) is 2.78. The molecule has 0 unspecified atom stereocenters. The average Bonchev–Trinajstić information content (AvgIpc) is 2.91. The molecule has 4 atom stereocenters. The van der Waals surface area contributed by atoms with E-state index in [0.717, 1.165) is 0 Å². The number of rotatable bonds is 3. The zero-order chi connectivity index (χ0) is 15.2. The molecule has 2 aliphatic heterocycles. The number of aliphatic hydroxyl groups is 2. The molecule has 21 heavy (non-hydrogen) atoms. The molecule has 0 amide bonds. The number of fused-ring (bicyclic) bond motifs is 1. The van der Waals surface area contributed by atoms with Gasteiger partial charge in [-0.2, -0.15) is 5.10 Å². The van der Waals surface area contributed by atoms with Crippen LogP contribution in [-0.4, -0.2) is 51.1 Å². The lowest BCUT2D eigenvalue weighted by atomic mass is 10.1. The molecule has 0 bridgehead atoms. The zero-order valence-electron chi connectivity index (χ0n) is 11.8. The predicted octanol–water partition coefficient (Wildman–Crippen LogP) is -0.786. The molecule has 3 heterocycles.